The van der Waals surface area contributed by atoms with E-state index in [1.165, 1.54) is 7.05 Å². The minimum absolute atomic E-state index is 0.00698. The SMILES string of the molecule is CN(Cc1ccc(C#N)cc1)S(=O)(=O)c1cc(F)cc(C(=O)O)c1. The first kappa shape index (κ1) is 17.6. The van der Waals surface area contributed by atoms with E-state index >= 15 is 0 Å². The summed E-state index contributed by atoms with van der Waals surface area (Å²) in [6, 6.07) is 10.7. The molecule has 1 N–H and O–H groups in total. The second-order valence-corrected chi connectivity index (χ2v) is 7.10. The molecule has 0 aliphatic heterocycles. The Hall–Kier alpha value is -2.76. The molecule has 0 spiro atoms. The number of nitriles is 1. The van der Waals surface area contributed by atoms with Gasteiger partial charge in [0.25, 0.3) is 0 Å². The van der Waals surface area contributed by atoms with Crippen LogP contribution in [0, 0.1) is 17.1 Å². The van der Waals surface area contributed by atoms with Crippen LogP contribution in [0.15, 0.2) is 47.4 Å². The first-order valence-corrected chi connectivity index (χ1v) is 8.17. The molecule has 6 nitrogen and oxygen atoms in total. The lowest BCUT2D eigenvalue weighted by Crippen LogP contribution is -2.26. The fraction of sp³-hybridized carbons (Fsp3) is 0.125. The van der Waals surface area contributed by atoms with Crippen molar-refractivity contribution in [3.63, 3.8) is 0 Å². The lowest BCUT2D eigenvalue weighted by atomic mass is 10.1. The van der Waals surface area contributed by atoms with Gasteiger partial charge in [-0.05, 0) is 35.9 Å². The Morgan fingerprint density at radius 2 is 1.88 bits per heavy atom. The molecule has 0 unspecified atom stereocenters. The van der Waals surface area contributed by atoms with E-state index in [0.717, 1.165) is 22.5 Å². The van der Waals surface area contributed by atoms with Crippen molar-refractivity contribution in [3.8, 4) is 6.07 Å². The van der Waals surface area contributed by atoms with Crippen LogP contribution in [-0.4, -0.2) is 30.8 Å². The average Bonchev–Trinajstić information content (AvgIpc) is 2.54. The summed E-state index contributed by atoms with van der Waals surface area (Å²) in [5.41, 5.74) is 0.635. The molecule has 2 aromatic rings. The molecule has 0 atom stereocenters. The van der Waals surface area contributed by atoms with Gasteiger partial charge < -0.3 is 5.11 Å². The summed E-state index contributed by atoms with van der Waals surface area (Å²) in [5.74, 6) is -2.36. The van der Waals surface area contributed by atoms with Crippen LogP contribution in [-0.2, 0) is 16.6 Å². The van der Waals surface area contributed by atoms with E-state index in [9.17, 15) is 17.6 Å². The second-order valence-electron chi connectivity index (χ2n) is 5.05. The number of aromatic carboxylic acids is 1. The van der Waals surface area contributed by atoms with Gasteiger partial charge in [0.1, 0.15) is 5.82 Å². The highest BCUT2D eigenvalue weighted by molar-refractivity contribution is 7.89. The van der Waals surface area contributed by atoms with Gasteiger partial charge in [0.15, 0.2) is 0 Å². The minimum atomic E-state index is -4.07. The van der Waals surface area contributed by atoms with Crippen LogP contribution in [0.4, 0.5) is 4.39 Å². The molecule has 0 saturated heterocycles. The van der Waals surface area contributed by atoms with Crippen molar-refractivity contribution in [2.45, 2.75) is 11.4 Å². The van der Waals surface area contributed by atoms with Gasteiger partial charge in [0, 0.05) is 13.6 Å². The highest BCUT2D eigenvalue weighted by atomic mass is 32.2. The standard InChI is InChI=1S/C16H13FN2O4S/c1-19(10-12-4-2-11(9-18)3-5-12)24(22,23)15-7-13(16(20)21)6-14(17)8-15/h2-8H,10H2,1H3,(H,20,21). The summed E-state index contributed by atoms with van der Waals surface area (Å²) in [6.45, 7) is -0.00698. The Bertz CT molecular complexity index is 918. The number of hydrogen-bond acceptors (Lipinski definition) is 4. The van der Waals surface area contributed by atoms with E-state index in [0.29, 0.717) is 11.1 Å². The van der Waals surface area contributed by atoms with Crippen LogP contribution in [0.2, 0.25) is 0 Å². The number of carboxylic acid groups (broad SMARTS) is 1. The number of sulfonamides is 1. The molecule has 124 valence electrons. The van der Waals surface area contributed by atoms with Gasteiger partial charge in [-0.25, -0.2) is 17.6 Å². The van der Waals surface area contributed by atoms with Gasteiger partial charge in [-0.2, -0.15) is 9.57 Å². The number of benzene rings is 2. The minimum Gasteiger partial charge on any atom is -0.478 e. The zero-order valence-electron chi connectivity index (χ0n) is 12.6. The molecule has 0 bridgehead atoms. The Morgan fingerprint density at radius 3 is 2.42 bits per heavy atom. The van der Waals surface area contributed by atoms with Gasteiger partial charge in [-0.3, -0.25) is 0 Å². The van der Waals surface area contributed by atoms with Crippen molar-refractivity contribution in [1.82, 2.24) is 4.31 Å². The molecular formula is C16H13FN2O4S. The first-order valence-electron chi connectivity index (χ1n) is 6.73. The molecule has 2 rings (SSSR count). The summed E-state index contributed by atoms with van der Waals surface area (Å²) in [7, 11) is -2.76. The Labute approximate surface area is 138 Å². The molecule has 0 aliphatic rings. The van der Waals surface area contributed by atoms with E-state index in [2.05, 4.69) is 0 Å². The number of rotatable bonds is 5. The third kappa shape index (κ3) is 3.76. The lowest BCUT2D eigenvalue weighted by molar-refractivity contribution is 0.0696. The van der Waals surface area contributed by atoms with E-state index < -0.39 is 32.3 Å². The molecule has 0 fully saturated rings. The molecule has 0 saturated carbocycles. The Balaban J connectivity index is 2.32. The lowest BCUT2D eigenvalue weighted by Gasteiger charge is -2.17. The number of carboxylic acids is 1. The molecule has 0 heterocycles. The smallest absolute Gasteiger partial charge is 0.335 e. The molecule has 0 aromatic heterocycles. The van der Waals surface area contributed by atoms with Crippen LogP contribution in [0.3, 0.4) is 0 Å². The van der Waals surface area contributed by atoms with Crippen molar-refractivity contribution < 1.29 is 22.7 Å². The fourth-order valence-corrected chi connectivity index (χ4v) is 3.26. The van der Waals surface area contributed by atoms with Crippen molar-refractivity contribution in [3.05, 3.63) is 65.0 Å². The maximum atomic E-state index is 13.5. The number of hydrogen-bond donors (Lipinski definition) is 1. The number of carbonyl (C=O) groups is 1. The molecule has 8 heteroatoms. The summed E-state index contributed by atoms with van der Waals surface area (Å²) in [4.78, 5) is 10.5. The molecular weight excluding hydrogens is 335 g/mol. The van der Waals surface area contributed by atoms with Gasteiger partial charge in [0.2, 0.25) is 10.0 Å². The number of nitrogens with zero attached hydrogens (tertiary/aromatic N) is 2. The largest absolute Gasteiger partial charge is 0.478 e. The topological polar surface area (TPSA) is 98.5 Å². The Morgan fingerprint density at radius 1 is 1.25 bits per heavy atom. The van der Waals surface area contributed by atoms with E-state index in [4.69, 9.17) is 10.4 Å². The zero-order valence-corrected chi connectivity index (χ0v) is 13.4. The van der Waals surface area contributed by atoms with E-state index in [1.807, 2.05) is 6.07 Å². The van der Waals surface area contributed by atoms with Crippen LogP contribution < -0.4 is 0 Å². The maximum absolute atomic E-state index is 13.5. The van der Waals surface area contributed by atoms with Crippen LogP contribution in [0.1, 0.15) is 21.5 Å². The van der Waals surface area contributed by atoms with Gasteiger partial charge in [-0.1, -0.05) is 12.1 Å². The predicted molar refractivity (Wildman–Crippen MR) is 83.2 cm³/mol. The monoisotopic (exact) mass is 348 g/mol. The van der Waals surface area contributed by atoms with E-state index in [-0.39, 0.29) is 6.54 Å². The third-order valence-electron chi connectivity index (χ3n) is 3.31. The zero-order chi connectivity index (χ0) is 17.9. The third-order valence-corrected chi connectivity index (χ3v) is 5.10. The molecule has 0 aliphatic carbocycles. The van der Waals surface area contributed by atoms with Gasteiger partial charge in [-0.15, -0.1) is 0 Å². The highest BCUT2D eigenvalue weighted by Crippen LogP contribution is 2.20. The normalized spacial score (nSPS) is 11.2. The predicted octanol–water partition coefficient (Wildman–Crippen LogP) is 2.22. The van der Waals surface area contributed by atoms with Gasteiger partial charge >= 0.3 is 5.97 Å². The summed E-state index contributed by atoms with van der Waals surface area (Å²) >= 11 is 0. The van der Waals surface area contributed by atoms with Crippen LogP contribution in [0.5, 0.6) is 0 Å². The van der Waals surface area contributed by atoms with Gasteiger partial charge in [0.05, 0.1) is 22.1 Å². The van der Waals surface area contributed by atoms with Crippen LogP contribution >= 0.6 is 0 Å². The van der Waals surface area contributed by atoms with Crippen molar-refractivity contribution in [1.29, 1.82) is 5.26 Å². The average molecular weight is 348 g/mol. The molecule has 0 amide bonds. The van der Waals surface area contributed by atoms with Crippen molar-refractivity contribution in [2.75, 3.05) is 7.05 Å². The van der Waals surface area contributed by atoms with Crippen LogP contribution in [0.25, 0.3) is 0 Å². The first-order chi connectivity index (χ1) is 11.2. The maximum Gasteiger partial charge on any atom is 0.335 e. The molecule has 0 radical (unpaired) electrons. The van der Waals surface area contributed by atoms with E-state index in [1.54, 1.807) is 24.3 Å². The summed E-state index contributed by atoms with van der Waals surface area (Å²) in [5, 5.41) is 17.7. The number of halogens is 1. The second kappa shape index (κ2) is 6.78. The summed E-state index contributed by atoms with van der Waals surface area (Å²) < 4.78 is 39.5. The fourth-order valence-electron chi connectivity index (χ4n) is 2.04. The molecule has 24 heavy (non-hydrogen) atoms. The van der Waals surface area contributed by atoms with Crippen molar-refractivity contribution >= 4 is 16.0 Å². The quantitative estimate of drug-likeness (QED) is 0.893. The summed E-state index contributed by atoms with van der Waals surface area (Å²) in [6.07, 6.45) is 0. The highest BCUT2D eigenvalue weighted by Gasteiger charge is 2.23. The molecule has 2 aromatic carbocycles. The van der Waals surface area contributed by atoms with Crippen molar-refractivity contribution in [2.24, 2.45) is 0 Å². The Kier molecular flexibility index (Phi) is 4.97.